The van der Waals surface area contributed by atoms with Gasteiger partial charge in [-0.15, -0.1) is 0 Å². The molecule has 3 rings (SSSR count). The summed E-state index contributed by atoms with van der Waals surface area (Å²) in [5.74, 6) is -0.915. The van der Waals surface area contributed by atoms with Crippen LogP contribution in [0, 0.1) is 5.92 Å². The number of hydrogen-bond acceptors (Lipinski definition) is 3. The lowest BCUT2D eigenvalue weighted by atomic mass is 9.96. The number of nitrogens with one attached hydrogen (secondary N) is 1. The van der Waals surface area contributed by atoms with Crippen molar-refractivity contribution in [3.8, 4) is 0 Å². The Labute approximate surface area is 123 Å². The molecule has 2 atom stereocenters. The number of carboxylic acid groups (broad SMARTS) is 1. The maximum absolute atomic E-state index is 12.1. The summed E-state index contributed by atoms with van der Waals surface area (Å²) < 4.78 is 0. The molecule has 0 aliphatic heterocycles. The minimum Gasteiger partial charge on any atom is -0.481 e. The second kappa shape index (κ2) is 5.15. The number of carboxylic acids is 1. The van der Waals surface area contributed by atoms with Crippen molar-refractivity contribution in [2.24, 2.45) is 11.7 Å². The Kier molecular flexibility index (Phi) is 3.45. The molecule has 112 valence electrons. The fraction of sp³-hybridized carbons (Fsp3) is 0.500. The molecule has 0 radical (unpaired) electrons. The van der Waals surface area contributed by atoms with E-state index >= 15 is 0 Å². The van der Waals surface area contributed by atoms with Crippen molar-refractivity contribution < 1.29 is 14.7 Å². The van der Waals surface area contributed by atoms with E-state index in [1.54, 1.807) is 24.3 Å². The normalized spacial score (nSPS) is 26.3. The summed E-state index contributed by atoms with van der Waals surface area (Å²) in [6.45, 7) is 0. The third kappa shape index (κ3) is 2.53. The van der Waals surface area contributed by atoms with Gasteiger partial charge in [0, 0.05) is 11.7 Å². The van der Waals surface area contributed by atoms with Crippen LogP contribution in [0.5, 0.6) is 0 Å². The molecule has 2 aliphatic rings. The van der Waals surface area contributed by atoms with Crippen molar-refractivity contribution in [3.05, 3.63) is 29.8 Å². The van der Waals surface area contributed by atoms with Gasteiger partial charge in [0.25, 0.3) is 0 Å². The smallest absolute Gasteiger partial charge is 0.314 e. The Morgan fingerprint density at radius 1 is 1.19 bits per heavy atom. The zero-order valence-electron chi connectivity index (χ0n) is 11.8. The van der Waals surface area contributed by atoms with Crippen LogP contribution >= 0.6 is 0 Å². The number of carbonyl (C=O) groups excluding carboxylic acids is 1. The number of nitrogens with two attached hydrogens (primary N) is 1. The van der Waals surface area contributed by atoms with E-state index in [0.29, 0.717) is 18.5 Å². The molecule has 0 spiro atoms. The van der Waals surface area contributed by atoms with Crippen molar-refractivity contribution in [1.82, 2.24) is 0 Å². The first-order valence-corrected chi connectivity index (χ1v) is 7.43. The highest BCUT2D eigenvalue weighted by Gasteiger charge is 2.51. The number of aliphatic carboxylic acids is 1. The molecule has 0 heterocycles. The Balaban J connectivity index is 1.68. The van der Waals surface area contributed by atoms with E-state index in [1.807, 2.05) is 0 Å². The summed E-state index contributed by atoms with van der Waals surface area (Å²) in [5, 5.41) is 12.1. The van der Waals surface area contributed by atoms with E-state index in [4.69, 9.17) is 5.73 Å². The molecule has 2 fully saturated rings. The van der Waals surface area contributed by atoms with Crippen molar-refractivity contribution in [3.63, 3.8) is 0 Å². The summed E-state index contributed by atoms with van der Waals surface area (Å²) in [4.78, 5) is 23.4. The Bertz CT molecular complexity index is 563. The van der Waals surface area contributed by atoms with Crippen molar-refractivity contribution in [1.29, 1.82) is 0 Å². The van der Waals surface area contributed by atoms with Gasteiger partial charge in [-0.05, 0) is 43.4 Å². The van der Waals surface area contributed by atoms with Gasteiger partial charge in [0.2, 0.25) is 5.91 Å². The van der Waals surface area contributed by atoms with Crippen LogP contribution in [0.25, 0.3) is 0 Å². The number of rotatable bonds is 4. The lowest BCUT2D eigenvalue weighted by molar-refractivity contribution is -0.140. The van der Waals surface area contributed by atoms with E-state index in [-0.39, 0.29) is 17.9 Å². The van der Waals surface area contributed by atoms with Gasteiger partial charge < -0.3 is 16.2 Å². The van der Waals surface area contributed by atoms with Gasteiger partial charge in [0.15, 0.2) is 0 Å². The highest BCUT2D eigenvalue weighted by atomic mass is 16.4. The third-order valence-electron chi connectivity index (χ3n) is 4.77. The SMILES string of the molecule is NC1CCCC1C(=O)Nc1ccc(C2(C(=O)O)CC2)cc1. The van der Waals surface area contributed by atoms with E-state index in [1.165, 1.54) is 0 Å². The Morgan fingerprint density at radius 3 is 2.33 bits per heavy atom. The van der Waals surface area contributed by atoms with Crippen LogP contribution in [0.1, 0.15) is 37.7 Å². The maximum atomic E-state index is 12.1. The largest absolute Gasteiger partial charge is 0.481 e. The predicted molar refractivity (Wildman–Crippen MR) is 78.9 cm³/mol. The monoisotopic (exact) mass is 288 g/mol. The molecule has 0 bridgehead atoms. The summed E-state index contributed by atoms with van der Waals surface area (Å²) in [6, 6.07) is 7.09. The van der Waals surface area contributed by atoms with Gasteiger partial charge in [-0.25, -0.2) is 0 Å². The summed E-state index contributed by atoms with van der Waals surface area (Å²) in [6.07, 6.45) is 4.11. The van der Waals surface area contributed by atoms with Crippen LogP contribution < -0.4 is 11.1 Å². The highest BCUT2D eigenvalue weighted by molar-refractivity contribution is 5.93. The van der Waals surface area contributed by atoms with E-state index in [9.17, 15) is 14.7 Å². The average molecular weight is 288 g/mol. The molecule has 5 heteroatoms. The molecular weight excluding hydrogens is 268 g/mol. The third-order valence-corrected chi connectivity index (χ3v) is 4.77. The number of hydrogen-bond donors (Lipinski definition) is 3. The molecule has 1 amide bonds. The Morgan fingerprint density at radius 2 is 1.86 bits per heavy atom. The van der Waals surface area contributed by atoms with Crippen LogP contribution in [0.15, 0.2) is 24.3 Å². The van der Waals surface area contributed by atoms with Crippen LogP contribution in [0.2, 0.25) is 0 Å². The van der Waals surface area contributed by atoms with Gasteiger partial charge >= 0.3 is 5.97 Å². The lowest BCUT2D eigenvalue weighted by Crippen LogP contribution is -2.34. The van der Waals surface area contributed by atoms with Crippen LogP contribution in [-0.2, 0) is 15.0 Å². The molecule has 1 aromatic carbocycles. The van der Waals surface area contributed by atoms with Gasteiger partial charge in [-0.2, -0.15) is 0 Å². The molecule has 2 unspecified atom stereocenters. The lowest BCUT2D eigenvalue weighted by Gasteiger charge is -2.16. The first kappa shape index (κ1) is 14.1. The zero-order chi connectivity index (χ0) is 15.0. The number of benzene rings is 1. The van der Waals surface area contributed by atoms with Gasteiger partial charge in [-0.1, -0.05) is 18.6 Å². The van der Waals surface area contributed by atoms with Crippen LogP contribution in [-0.4, -0.2) is 23.0 Å². The fourth-order valence-electron chi connectivity index (χ4n) is 3.17. The molecule has 21 heavy (non-hydrogen) atoms. The summed E-state index contributed by atoms with van der Waals surface area (Å²) in [5.41, 5.74) is 6.74. The summed E-state index contributed by atoms with van der Waals surface area (Å²) in [7, 11) is 0. The predicted octanol–water partition coefficient (Wildman–Crippen LogP) is 1.87. The number of carbonyl (C=O) groups is 2. The zero-order valence-corrected chi connectivity index (χ0v) is 11.8. The number of anilines is 1. The molecular formula is C16H20N2O3. The minimum absolute atomic E-state index is 0.0351. The minimum atomic E-state index is -0.767. The van der Waals surface area contributed by atoms with Gasteiger partial charge in [0.05, 0.1) is 11.3 Å². The quantitative estimate of drug-likeness (QED) is 0.788. The molecule has 0 aromatic heterocycles. The molecule has 4 N–H and O–H groups in total. The van der Waals surface area contributed by atoms with E-state index in [0.717, 1.165) is 24.8 Å². The van der Waals surface area contributed by atoms with E-state index < -0.39 is 11.4 Å². The Hall–Kier alpha value is -1.88. The summed E-state index contributed by atoms with van der Waals surface area (Å²) >= 11 is 0. The fourth-order valence-corrected chi connectivity index (χ4v) is 3.17. The topological polar surface area (TPSA) is 92.4 Å². The van der Waals surface area contributed by atoms with E-state index in [2.05, 4.69) is 5.32 Å². The van der Waals surface area contributed by atoms with Crippen molar-refractivity contribution in [2.75, 3.05) is 5.32 Å². The first-order chi connectivity index (χ1) is 10.0. The van der Waals surface area contributed by atoms with Gasteiger partial charge in [-0.3, -0.25) is 9.59 Å². The molecule has 2 saturated carbocycles. The van der Waals surface area contributed by atoms with Crippen LogP contribution in [0.3, 0.4) is 0 Å². The van der Waals surface area contributed by atoms with Gasteiger partial charge in [0.1, 0.15) is 0 Å². The second-order valence-corrected chi connectivity index (χ2v) is 6.16. The first-order valence-electron chi connectivity index (χ1n) is 7.43. The maximum Gasteiger partial charge on any atom is 0.314 e. The molecule has 2 aliphatic carbocycles. The molecule has 0 saturated heterocycles. The molecule has 1 aromatic rings. The number of amides is 1. The average Bonchev–Trinajstić information content (AvgIpc) is 3.16. The van der Waals surface area contributed by atoms with Crippen molar-refractivity contribution >= 4 is 17.6 Å². The molecule has 5 nitrogen and oxygen atoms in total. The van der Waals surface area contributed by atoms with Crippen molar-refractivity contribution in [2.45, 2.75) is 43.6 Å². The van der Waals surface area contributed by atoms with Crippen LogP contribution in [0.4, 0.5) is 5.69 Å². The standard InChI is InChI=1S/C16H20N2O3/c17-13-3-1-2-12(13)14(19)18-11-6-4-10(5-7-11)16(8-9-16)15(20)21/h4-7,12-13H,1-3,8-9,17H2,(H,18,19)(H,20,21). The highest BCUT2D eigenvalue weighted by Crippen LogP contribution is 2.48. The second-order valence-electron chi connectivity index (χ2n) is 6.16.